The number of nitrogens with zero attached hydrogens (tertiary/aromatic N) is 4. The Kier molecular flexibility index (Phi) is 2.79. The fourth-order valence-electron chi connectivity index (χ4n) is 1.16. The van der Waals surface area contributed by atoms with E-state index in [9.17, 15) is 0 Å². The molecule has 0 saturated carbocycles. The number of hydrogen-bond acceptors (Lipinski definition) is 4. The lowest BCUT2D eigenvalue weighted by Gasteiger charge is -2.03. The summed E-state index contributed by atoms with van der Waals surface area (Å²) < 4.78 is 1.72. The van der Waals surface area contributed by atoms with Crippen LogP contribution in [-0.2, 0) is 6.54 Å². The molecule has 14 heavy (non-hydrogen) atoms. The van der Waals surface area contributed by atoms with Crippen molar-refractivity contribution in [3.63, 3.8) is 0 Å². The van der Waals surface area contributed by atoms with Gasteiger partial charge in [-0.05, 0) is 39.7 Å². The van der Waals surface area contributed by atoms with Crippen molar-refractivity contribution in [2.75, 3.05) is 0 Å². The second-order valence-electron chi connectivity index (χ2n) is 2.94. The summed E-state index contributed by atoms with van der Waals surface area (Å²) >= 11 is 7.59. The number of halogens is 1. The molecule has 0 amide bonds. The predicted octanol–water partition coefficient (Wildman–Crippen LogP) is 2.08. The average Bonchev–Trinajstić information content (AvgIpc) is 2.75. The van der Waals surface area contributed by atoms with E-state index in [0.29, 0.717) is 12.4 Å². The fourth-order valence-corrected chi connectivity index (χ4v) is 1.98. The Morgan fingerprint density at radius 1 is 1.64 bits per heavy atom. The van der Waals surface area contributed by atoms with Crippen LogP contribution in [0.4, 0.5) is 0 Å². The third-order valence-corrected chi connectivity index (χ3v) is 2.76. The fraction of sp³-hybridized carbons (Fsp3) is 0.375. The Balaban J connectivity index is 2.21. The van der Waals surface area contributed by atoms with Crippen molar-refractivity contribution in [2.45, 2.75) is 18.8 Å². The molecule has 0 radical (unpaired) electrons. The van der Waals surface area contributed by atoms with Crippen molar-refractivity contribution in [3.05, 3.63) is 28.2 Å². The van der Waals surface area contributed by atoms with Crippen LogP contribution in [-0.4, -0.2) is 20.2 Å². The maximum absolute atomic E-state index is 5.93. The van der Waals surface area contributed by atoms with Crippen LogP contribution in [0.2, 0.25) is 0 Å². The van der Waals surface area contributed by atoms with E-state index in [0.717, 1.165) is 0 Å². The number of tetrazole rings is 1. The van der Waals surface area contributed by atoms with Gasteiger partial charge < -0.3 is 0 Å². The molecule has 4 nitrogen and oxygen atoms in total. The quantitative estimate of drug-likeness (QED) is 0.756. The van der Waals surface area contributed by atoms with E-state index in [4.69, 9.17) is 11.6 Å². The monoisotopic (exact) mass is 228 g/mol. The summed E-state index contributed by atoms with van der Waals surface area (Å²) in [5, 5.41) is 15.3. The van der Waals surface area contributed by atoms with Gasteiger partial charge in [0.05, 0.1) is 11.9 Å². The van der Waals surface area contributed by atoms with Crippen LogP contribution < -0.4 is 0 Å². The largest absolute Gasteiger partial charge is 0.224 e. The van der Waals surface area contributed by atoms with Gasteiger partial charge in [-0.1, -0.05) is 0 Å². The first kappa shape index (κ1) is 9.61. The highest BCUT2D eigenvalue weighted by atomic mass is 35.5. The molecule has 2 aromatic heterocycles. The van der Waals surface area contributed by atoms with Crippen LogP contribution in [0.3, 0.4) is 0 Å². The molecule has 0 aliphatic carbocycles. The summed E-state index contributed by atoms with van der Waals surface area (Å²) in [6, 6.07) is 2.05. The highest BCUT2D eigenvalue weighted by molar-refractivity contribution is 7.07. The van der Waals surface area contributed by atoms with Gasteiger partial charge in [0.15, 0.2) is 5.82 Å². The summed E-state index contributed by atoms with van der Waals surface area (Å²) in [7, 11) is 0. The van der Waals surface area contributed by atoms with Crippen molar-refractivity contribution in [2.24, 2.45) is 0 Å². The molecule has 0 saturated heterocycles. The molecule has 6 heteroatoms. The zero-order valence-electron chi connectivity index (χ0n) is 7.59. The van der Waals surface area contributed by atoms with E-state index < -0.39 is 0 Å². The van der Waals surface area contributed by atoms with Crippen LogP contribution in [0.25, 0.3) is 0 Å². The van der Waals surface area contributed by atoms with Crippen LogP contribution in [0.1, 0.15) is 23.7 Å². The van der Waals surface area contributed by atoms with Gasteiger partial charge in [0.25, 0.3) is 0 Å². The second-order valence-corrected chi connectivity index (χ2v) is 4.38. The van der Waals surface area contributed by atoms with Crippen molar-refractivity contribution in [1.29, 1.82) is 0 Å². The predicted molar refractivity (Wildman–Crippen MR) is 55.5 cm³/mol. The molecule has 1 atom stereocenters. The maximum Gasteiger partial charge on any atom is 0.169 e. The molecule has 0 aliphatic rings. The molecule has 1 unspecified atom stereocenters. The van der Waals surface area contributed by atoms with Gasteiger partial charge in [0.1, 0.15) is 0 Å². The molecule has 2 heterocycles. The van der Waals surface area contributed by atoms with Gasteiger partial charge in [-0.2, -0.15) is 11.3 Å². The Morgan fingerprint density at radius 2 is 2.50 bits per heavy atom. The first-order valence-electron chi connectivity index (χ1n) is 4.18. The summed E-state index contributed by atoms with van der Waals surface area (Å²) in [5.74, 6) is 0.706. The summed E-state index contributed by atoms with van der Waals surface area (Å²) in [4.78, 5) is 0. The number of thiophene rings is 1. The number of hydrogen-bond donors (Lipinski definition) is 0. The van der Waals surface area contributed by atoms with Gasteiger partial charge in [0.2, 0.25) is 0 Å². The lowest BCUT2D eigenvalue weighted by atomic mass is 10.3. The normalized spacial score (nSPS) is 13.0. The summed E-state index contributed by atoms with van der Waals surface area (Å²) in [6.45, 7) is 2.54. The van der Waals surface area contributed by atoms with E-state index in [1.165, 1.54) is 5.56 Å². The molecule has 0 fully saturated rings. The van der Waals surface area contributed by atoms with Crippen LogP contribution in [0, 0.1) is 0 Å². The van der Waals surface area contributed by atoms with Crippen molar-refractivity contribution in [1.82, 2.24) is 20.2 Å². The standard InChI is InChI=1S/C8H9ClN4S/c1-6(9)8-10-11-12-13(8)4-7-2-3-14-5-7/h2-3,5-6H,4H2,1H3. The minimum absolute atomic E-state index is 0.163. The molecule has 2 aromatic rings. The molecular weight excluding hydrogens is 220 g/mol. The van der Waals surface area contributed by atoms with Crippen molar-refractivity contribution in [3.8, 4) is 0 Å². The molecule has 0 bridgehead atoms. The van der Waals surface area contributed by atoms with Crippen LogP contribution >= 0.6 is 22.9 Å². The maximum atomic E-state index is 5.93. The van der Waals surface area contributed by atoms with E-state index in [1.54, 1.807) is 16.0 Å². The van der Waals surface area contributed by atoms with Gasteiger partial charge in [-0.3, -0.25) is 0 Å². The van der Waals surface area contributed by atoms with E-state index in [1.807, 2.05) is 12.3 Å². The molecular formula is C8H9ClN4S. The molecule has 74 valence electrons. The van der Waals surface area contributed by atoms with Crippen molar-refractivity contribution >= 4 is 22.9 Å². The SMILES string of the molecule is CC(Cl)c1nnnn1Cc1ccsc1. The molecule has 0 spiro atoms. The third-order valence-electron chi connectivity index (χ3n) is 1.83. The number of alkyl halides is 1. The van der Waals surface area contributed by atoms with Gasteiger partial charge >= 0.3 is 0 Å². The number of aromatic nitrogens is 4. The minimum atomic E-state index is -0.163. The van der Waals surface area contributed by atoms with E-state index in [2.05, 4.69) is 27.0 Å². The first-order valence-corrected chi connectivity index (χ1v) is 5.56. The second kappa shape index (κ2) is 4.06. The third kappa shape index (κ3) is 1.93. The van der Waals surface area contributed by atoms with Gasteiger partial charge in [-0.25, -0.2) is 4.68 Å². The van der Waals surface area contributed by atoms with E-state index >= 15 is 0 Å². The lowest BCUT2D eigenvalue weighted by molar-refractivity contribution is 0.619. The molecule has 2 rings (SSSR count). The van der Waals surface area contributed by atoms with Gasteiger partial charge in [0, 0.05) is 0 Å². The Morgan fingerprint density at radius 3 is 3.14 bits per heavy atom. The highest BCUT2D eigenvalue weighted by Crippen LogP contribution is 2.16. The summed E-state index contributed by atoms with van der Waals surface area (Å²) in [6.07, 6.45) is 0. The Labute approximate surface area is 90.5 Å². The Hall–Kier alpha value is -0.940. The smallest absolute Gasteiger partial charge is 0.169 e. The first-order chi connectivity index (χ1) is 6.77. The zero-order chi connectivity index (χ0) is 9.97. The topological polar surface area (TPSA) is 43.6 Å². The zero-order valence-corrected chi connectivity index (χ0v) is 9.16. The van der Waals surface area contributed by atoms with Gasteiger partial charge in [-0.15, -0.1) is 16.7 Å². The molecule has 0 aliphatic heterocycles. The lowest BCUT2D eigenvalue weighted by Crippen LogP contribution is -2.06. The molecule has 0 N–H and O–H groups in total. The van der Waals surface area contributed by atoms with Crippen molar-refractivity contribution < 1.29 is 0 Å². The average molecular weight is 229 g/mol. The van der Waals surface area contributed by atoms with Crippen LogP contribution in [0.5, 0.6) is 0 Å². The Bertz CT molecular complexity index is 395. The molecule has 0 aromatic carbocycles. The highest BCUT2D eigenvalue weighted by Gasteiger charge is 2.11. The van der Waals surface area contributed by atoms with Crippen LogP contribution in [0.15, 0.2) is 16.8 Å². The summed E-state index contributed by atoms with van der Waals surface area (Å²) in [5.41, 5.74) is 1.20. The van der Waals surface area contributed by atoms with E-state index in [-0.39, 0.29) is 5.38 Å². The number of rotatable bonds is 3. The minimum Gasteiger partial charge on any atom is -0.224 e.